The molecule has 0 unspecified atom stereocenters. The fraction of sp³-hybridized carbons (Fsp3) is 0.200. The largest absolute Gasteiger partial charge is 0.300 e. The average Bonchev–Trinajstić information content (AvgIpc) is 3.09. The monoisotopic (exact) mass is 351 g/mol. The molecule has 0 radical (unpaired) electrons. The van der Waals surface area contributed by atoms with E-state index in [1.807, 2.05) is 0 Å². The topological polar surface area (TPSA) is 79.4 Å². The molecule has 0 aliphatic carbocycles. The molecule has 1 saturated heterocycles. The lowest BCUT2D eigenvalue weighted by molar-refractivity contribution is -0.141. The number of benzene rings is 1. The zero-order valence-electron chi connectivity index (χ0n) is 12.2. The molecule has 0 atom stereocenters. The number of carbonyl (C=O) groups excluding carboxylic acids is 3. The van der Waals surface area contributed by atoms with Crippen molar-refractivity contribution >= 4 is 34.2 Å². The van der Waals surface area contributed by atoms with Gasteiger partial charge in [-0.25, -0.2) is 13.8 Å². The van der Waals surface area contributed by atoms with E-state index in [1.54, 1.807) is 0 Å². The van der Waals surface area contributed by atoms with Crippen LogP contribution in [0.25, 0.3) is 11.3 Å². The van der Waals surface area contributed by atoms with Crippen LogP contribution in [-0.4, -0.2) is 34.2 Å². The third kappa shape index (κ3) is 3.30. The second-order valence-electron chi connectivity index (χ2n) is 5.08. The number of hydrogen-bond acceptors (Lipinski definition) is 5. The van der Waals surface area contributed by atoms with Gasteiger partial charge in [0.25, 0.3) is 0 Å². The fourth-order valence-electron chi connectivity index (χ4n) is 2.25. The number of likely N-dealkylation sites (tertiary alicyclic amines) is 1. The van der Waals surface area contributed by atoms with Crippen molar-refractivity contribution in [1.82, 2.24) is 9.88 Å². The van der Waals surface area contributed by atoms with E-state index in [0.717, 1.165) is 28.4 Å². The number of carbonyl (C=O) groups is 3. The van der Waals surface area contributed by atoms with Gasteiger partial charge >= 0.3 is 0 Å². The molecule has 1 aliphatic heterocycles. The zero-order chi connectivity index (χ0) is 17.3. The van der Waals surface area contributed by atoms with Crippen LogP contribution in [0.1, 0.15) is 12.8 Å². The first kappa shape index (κ1) is 16.2. The molecular weight excluding hydrogens is 340 g/mol. The van der Waals surface area contributed by atoms with E-state index in [0.29, 0.717) is 0 Å². The molecule has 124 valence electrons. The van der Waals surface area contributed by atoms with E-state index in [2.05, 4.69) is 10.3 Å². The van der Waals surface area contributed by atoms with Gasteiger partial charge in [0.15, 0.2) is 5.13 Å². The Kier molecular flexibility index (Phi) is 4.34. The first-order valence-electron chi connectivity index (χ1n) is 6.98. The molecule has 0 bridgehead atoms. The highest BCUT2D eigenvalue weighted by Gasteiger charge is 2.30. The lowest BCUT2D eigenvalue weighted by Crippen LogP contribution is -2.36. The predicted octanol–water partition coefficient (Wildman–Crippen LogP) is 2.18. The molecule has 3 amide bonds. The van der Waals surface area contributed by atoms with Crippen molar-refractivity contribution in [3.05, 3.63) is 35.2 Å². The van der Waals surface area contributed by atoms with E-state index in [9.17, 15) is 23.2 Å². The Morgan fingerprint density at radius 1 is 1.25 bits per heavy atom. The van der Waals surface area contributed by atoms with Crippen molar-refractivity contribution in [3.8, 4) is 11.3 Å². The maximum absolute atomic E-state index is 13.7. The lowest BCUT2D eigenvalue weighted by atomic mass is 10.1. The molecule has 1 N–H and O–H groups in total. The van der Waals surface area contributed by atoms with Crippen molar-refractivity contribution in [1.29, 1.82) is 0 Å². The highest BCUT2D eigenvalue weighted by molar-refractivity contribution is 7.14. The smallest absolute Gasteiger partial charge is 0.246 e. The van der Waals surface area contributed by atoms with Crippen molar-refractivity contribution in [3.63, 3.8) is 0 Å². The molecule has 1 fully saturated rings. The molecule has 0 saturated carbocycles. The van der Waals surface area contributed by atoms with E-state index in [4.69, 9.17) is 0 Å². The van der Waals surface area contributed by atoms with E-state index < -0.39 is 17.5 Å². The van der Waals surface area contributed by atoms with Crippen molar-refractivity contribution in [2.24, 2.45) is 0 Å². The number of aromatic nitrogens is 1. The zero-order valence-corrected chi connectivity index (χ0v) is 13.0. The van der Waals surface area contributed by atoms with Crippen LogP contribution in [0.4, 0.5) is 13.9 Å². The third-order valence-corrected chi connectivity index (χ3v) is 4.17. The number of nitrogens with one attached hydrogen (secondary N) is 1. The van der Waals surface area contributed by atoms with Gasteiger partial charge in [-0.3, -0.25) is 19.3 Å². The summed E-state index contributed by atoms with van der Waals surface area (Å²) in [4.78, 5) is 39.8. The van der Waals surface area contributed by atoms with Gasteiger partial charge in [-0.15, -0.1) is 11.3 Å². The molecular formula is C15H11F2N3O3S. The quantitative estimate of drug-likeness (QED) is 0.857. The molecule has 6 nitrogen and oxygen atoms in total. The molecule has 3 rings (SSSR count). The van der Waals surface area contributed by atoms with Gasteiger partial charge in [0.1, 0.15) is 18.2 Å². The van der Waals surface area contributed by atoms with Gasteiger partial charge in [-0.05, 0) is 12.1 Å². The normalized spacial score (nSPS) is 14.3. The summed E-state index contributed by atoms with van der Waals surface area (Å²) in [6, 6.07) is 3.12. The number of amides is 3. The Hall–Kier alpha value is -2.68. The third-order valence-electron chi connectivity index (χ3n) is 3.41. The molecule has 2 heterocycles. The highest BCUT2D eigenvalue weighted by Crippen LogP contribution is 2.27. The Balaban J connectivity index is 1.68. The molecule has 1 aliphatic rings. The van der Waals surface area contributed by atoms with Crippen LogP contribution in [0.5, 0.6) is 0 Å². The molecule has 1 aromatic carbocycles. The van der Waals surface area contributed by atoms with Gasteiger partial charge in [-0.2, -0.15) is 0 Å². The SMILES string of the molecule is O=C(CN1C(=O)CCC1=O)Nc1nc(-c2ccc(F)cc2F)cs1. The molecule has 0 spiro atoms. The van der Waals surface area contributed by atoms with Crippen LogP contribution < -0.4 is 5.32 Å². The van der Waals surface area contributed by atoms with Gasteiger partial charge in [0.05, 0.1) is 5.69 Å². The molecule has 9 heteroatoms. The number of thiazole rings is 1. The van der Waals surface area contributed by atoms with Gasteiger partial charge in [0.2, 0.25) is 17.7 Å². The fourth-order valence-corrected chi connectivity index (χ4v) is 2.98. The van der Waals surface area contributed by atoms with E-state index in [-0.39, 0.29) is 47.6 Å². The van der Waals surface area contributed by atoms with Gasteiger partial charge in [-0.1, -0.05) is 0 Å². The van der Waals surface area contributed by atoms with Crippen molar-refractivity contribution in [2.45, 2.75) is 12.8 Å². The van der Waals surface area contributed by atoms with E-state index >= 15 is 0 Å². The summed E-state index contributed by atoms with van der Waals surface area (Å²) in [5.41, 5.74) is 0.360. The summed E-state index contributed by atoms with van der Waals surface area (Å²) < 4.78 is 26.6. The van der Waals surface area contributed by atoms with Gasteiger partial charge < -0.3 is 5.32 Å². The van der Waals surface area contributed by atoms with Crippen LogP contribution >= 0.6 is 11.3 Å². The standard InChI is InChI=1S/C15H11F2N3O3S/c16-8-1-2-9(10(17)5-8)11-7-24-15(18-11)19-12(21)6-20-13(22)3-4-14(20)23/h1-2,5,7H,3-4,6H2,(H,18,19,21). The Morgan fingerprint density at radius 2 is 1.96 bits per heavy atom. The predicted molar refractivity (Wildman–Crippen MR) is 82.0 cm³/mol. The maximum atomic E-state index is 13.7. The van der Waals surface area contributed by atoms with Crippen LogP contribution in [0.2, 0.25) is 0 Å². The summed E-state index contributed by atoms with van der Waals surface area (Å²) in [5.74, 6) is -2.79. The first-order valence-corrected chi connectivity index (χ1v) is 7.86. The van der Waals surface area contributed by atoms with Crippen molar-refractivity contribution < 1.29 is 23.2 Å². The number of hydrogen-bond donors (Lipinski definition) is 1. The Morgan fingerprint density at radius 3 is 2.62 bits per heavy atom. The van der Waals surface area contributed by atoms with E-state index in [1.165, 1.54) is 11.4 Å². The lowest BCUT2D eigenvalue weighted by Gasteiger charge is -2.12. The molecule has 1 aromatic heterocycles. The van der Waals surface area contributed by atoms with Crippen LogP contribution in [-0.2, 0) is 14.4 Å². The van der Waals surface area contributed by atoms with Crippen LogP contribution in [0.3, 0.4) is 0 Å². The first-order chi connectivity index (χ1) is 11.4. The van der Waals surface area contributed by atoms with Gasteiger partial charge in [0, 0.05) is 29.9 Å². The minimum absolute atomic E-state index is 0.108. The number of rotatable bonds is 4. The number of halogens is 2. The second kappa shape index (κ2) is 6.44. The number of anilines is 1. The number of nitrogens with zero attached hydrogens (tertiary/aromatic N) is 2. The molecule has 2 aromatic rings. The molecule has 24 heavy (non-hydrogen) atoms. The Bertz CT molecular complexity index is 821. The average molecular weight is 351 g/mol. The Labute approximate surface area is 139 Å². The summed E-state index contributed by atoms with van der Waals surface area (Å²) in [5, 5.41) is 4.16. The van der Waals surface area contributed by atoms with Crippen LogP contribution in [0, 0.1) is 11.6 Å². The summed E-state index contributed by atoms with van der Waals surface area (Å²) >= 11 is 1.05. The minimum atomic E-state index is -0.758. The maximum Gasteiger partial charge on any atom is 0.246 e. The number of imide groups is 1. The minimum Gasteiger partial charge on any atom is -0.300 e. The summed E-state index contributed by atoms with van der Waals surface area (Å²) in [6.07, 6.45) is 0.217. The highest BCUT2D eigenvalue weighted by atomic mass is 32.1. The van der Waals surface area contributed by atoms with Crippen molar-refractivity contribution in [2.75, 3.05) is 11.9 Å². The summed E-state index contributed by atoms with van der Waals surface area (Å²) in [6.45, 7) is -0.377. The summed E-state index contributed by atoms with van der Waals surface area (Å²) in [7, 11) is 0. The second-order valence-corrected chi connectivity index (χ2v) is 5.94. The van der Waals surface area contributed by atoms with Crippen LogP contribution in [0.15, 0.2) is 23.6 Å².